The summed E-state index contributed by atoms with van der Waals surface area (Å²) in [5.41, 5.74) is 8.62. The van der Waals surface area contributed by atoms with Gasteiger partial charge in [0, 0.05) is 24.8 Å². The molecule has 2 heterocycles. The van der Waals surface area contributed by atoms with Gasteiger partial charge in [0.1, 0.15) is 0 Å². The number of nitrogens with two attached hydrogens (primary N) is 1. The molecular weight excluding hydrogens is 298 g/mol. The van der Waals surface area contributed by atoms with E-state index >= 15 is 0 Å². The molecule has 2 rings (SSSR count). The maximum absolute atomic E-state index is 6.34. The Labute approximate surface area is 116 Å². The number of rotatable bonds is 3. The van der Waals surface area contributed by atoms with Crippen LogP contribution in [-0.4, -0.2) is 26.8 Å². The van der Waals surface area contributed by atoms with Crippen LogP contribution in [0.15, 0.2) is 4.47 Å². The molecule has 17 heavy (non-hydrogen) atoms. The molecule has 2 unspecified atom stereocenters. The Morgan fingerprint density at radius 2 is 2.35 bits per heavy atom. The topological polar surface area (TPSA) is 43.8 Å². The molecule has 1 aliphatic rings. The number of halogens is 1. The molecule has 1 aliphatic heterocycles. The van der Waals surface area contributed by atoms with Crippen molar-refractivity contribution in [1.29, 1.82) is 0 Å². The van der Waals surface area contributed by atoms with Crippen molar-refractivity contribution in [2.45, 2.75) is 43.9 Å². The minimum Gasteiger partial charge on any atom is -0.326 e. The number of hydrogen-bond acceptors (Lipinski definition) is 3. The van der Waals surface area contributed by atoms with Crippen LogP contribution in [0.25, 0.3) is 0 Å². The van der Waals surface area contributed by atoms with Crippen molar-refractivity contribution >= 4 is 27.7 Å². The first kappa shape index (κ1) is 13.4. The van der Waals surface area contributed by atoms with Crippen molar-refractivity contribution in [3.63, 3.8) is 0 Å². The SMILES string of the molecule is Cc1nn(C)c(CC(N)C2CCCCS2)c1Br. The predicted molar refractivity (Wildman–Crippen MR) is 77.4 cm³/mol. The summed E-state index contributed by atoms with van der Waals surface area (Å²) in [5, 5.41) is 5.03. The van der Waals surface area contributed by atoms with Gasteiger partial charge in [0.15, 0.2) is 0 Å². The Hall–Kier alpha value is -0.000000000000000111. The Bertz CT molecular complexity index is 385. The second-order valence-corrected chi connectivity index (χ2v) is 6.88. The zero-order chi connectivity index (χ0) is 12.4. The maximum Gasteiger partial charge on any atom is 0.0738 e. The summed E-state index contributed by atoms with van der Waals surface area (Å²) < 4.78 is 3.07. The zero-order valence-corrected chi connectivity index (χ0v) is 12.9. The molecular formula is C12H20BrN3S. The van der Waals surface area contributed by atoms with E-state index in [1.165, 1.54) is 30.7 Å². The van der Waals surface area contributed by atoms with Crippen molar-refractivity contribution in [2.75, 3.05) is 5.75 Å². The summed E-state index contributed by atoms with van der Waals surface area (Å²) in [5.74, 6) is 1.27. The first-order valence-electron chi connectivity index (χ1n) is 6.14. The zero-order valence-electron chi connectivity index (χ0n) is 10.4. The van der Waals surface area contributed by atoms with E-state index in [1.54, 1.807) is 0 Å². The van der Waals surface area contributed by atoms with Gasteiger partial charge in [0.05, 0.1) is 15.9 Å². The molecule has 5 heteroatoms. The summed E-state index contributed by atoms with van der Waals surface area (Å²) in [6, 6.07) is 0.242. The second-order valence-electron chi connectivity index (χ2n) is 4.74. The lowest BCUT2D eigenvalue weighted by molar-refractivity contribution is 0.541. The van der Waals surface area contributed by atoms with Crippen LogP contribution in [0.1, 0.15) is 30.7 Å². The van der Waals surface area contributed by atoms with Gasteiger partial charge in [0.2, 0.25) is 0 Å². The van der Waals surface area contributed by atoms with E-state index in [0.29, 0.717) is 5.25 Å². The lowest BCUT2D eigenvalue weighted by Gasteiger charge is -2.27. The van der Waals surface area contributed by atoms with Crippen molar-refractivity contribution < 1.29 is 0 Å². The molecule has 2 atom stereocenters. The molecule has 1 saturated heterocycles. The van der Waals surface area contributed by atoms with Gasteiger partial charge in [-0.15, -0.1) is 0 Å². The summed E-state index contributed by atoms with van der Waals surface area (Å²) in [6.45, 7) is 2.02. The van der Waals surface area contributed by atoms with Gasteiger partial charge >= 0.3 is 0 Å². The summed E-state index contributed by atoms with van der Waals surface area (Å²) in [4.78, 5) is 0. The predicted octanol–water partition coefficient (Wildman–Crippen LogP) is 2.65. The minimum absolute atomic E-state index is 0.242. The Morgan fingerprint density at radius 1 is 1.59 bits per heavy atom. The molecule has 1 aromatic heterocycles. The number of hydrogen-bond donors (Lipinski definition) is 1. The van der Waals surface area contributed by atoms with Crippen LogP contribution in [0.4, 0.5) is 0 Å². The van der Waals surface area contributed by atoms with E-state index in [2.05, 4.69) is 21.0 Å². The van der Waals surface area contributed by atoms with Crippen molar-refractivity contribution in [3.8, 4) is 0 Å². The molecule has 0 spiro atoms. The molecule has 0 saturated carbocycles. The third kappa shape index (κ3) is 3.06. The number of thioether (sulfide) groups is 1. The van der Waals surface area contributed by atoms with Gasteiger partial charge in [0.25, 0.3) is 0 Å². The molecule has 1 fully saturated rings. The highest BCUT2D eigenvalue weighted by Gasteiger charge is 2.23. The molecule has 0 aromatic carbocycles. The van der Waals surface area contributed by atoms with Crippen LogP contribution < -0.4 is 5.73 Å². The molecule has 0 radical (unpaired) electrons. The van der Waals surface area contributed by atoms with Crippen LogP contribution in [0.3, 0.4) is 0 Å². The van der Waals surface area contributed by atoms with Crippen LogP contribution in [-0.2, 0) is 13.5 Å². The van der Waals surface area contributed by atoms with Crippen LogP contribution in [0.2, 0.25) is 0 Å². The number of nitrogens with zero attached hydrogens (tertiary/aromatic N) is 2. The fourth-order valence-corrected chi connectivity index (χ4v) is 4.21. The molecule has 0 amide bonds. The van der Waals surface area contributed by atoms with E-state index < -0.39 is 0 Å². The lowest BCUT2D eigenvalue weighted by Crippen LogP contribution is -2.36. The van der Waals surface area contributed by atoms with Crippen molar-refractivity contribution in [2.24, 2.45) is 12.8 Å². The Morgan fingerprint density at radius 3 is 2.88 bits per heavy atom. The van der Waals surface area contributed by atoms with E-state index in [1.807, 2.05) is 30.4 Å². The van der Waals surface area contributed by atoms with E-state index in [4.69, 9.17) is 5.73 Å². The quantitative estimate of drug-likeness (QED) is 0.932. The highest BCUT2D eigenvalue weighted by atomic mass is 79.9. The van der Waals surface area contributed by atoms with E-state index in [-0.39, 0.29) is 6.04 Å². The first-order valence-corrected chi connectivity index (χ1v) is 7.99. The summed E-state index contributed by atoms with van der Waals surface area (Å²) >= 11 is 5.65. The van der Waals surface area contributed by atoms with Gasteiger partial charge in [-0.2, -0.15) is 16.9 Å². The average Bonchev–Trinajstić information content (AvgIpc) is 2.57. The van der Waals surface area contributed by atoms with Gasteiger partial charge in [-0.25, -0.2) is 0 Å². The lowest BCUT2D eigenvalue weighted by atomic mass is 10.0. The van der Waals surface area contributed by atoms with E-state index in [0.717, 1.165) is 16.6 Å². The fourth-order valence-electron chi connectivity index (χ4n) is 2.36. The smallest absolute Gasteiger partial charge is 0.0738 e. The van der Waals surface area contributed by atoms with Gasteiger partial charge in [-0.05, 0) is 41.4 Å². The molecule has 1 aromatic rings. The van der Waals surface area contributed by atoms with Crippen LogP contribution in [0, 0.1) is 6.92 Å². The third-order valence-electron chi connectivity index (χ3n) is 3.38. The molecule has 3 nitrogen and oxygen atoms in total. The van der Waals surface area contributed by atoms with E-state index in [9.17, 15) is 0 Å². The van der Waals surface area contributed by atoms with Crippen LogP contribution >= 0.6 is 27.7 Å². The highest BCUT2D eigenvalue weighted by Crippen LogP contribution is 2.29. The second kappa shape index (κ2) is 5.76. The average molecular weight is 318 g/mol. The standard InChI is InChI=1S/C12H20BrN3S/c1-8-12(13)10(16(2)15-8)7-9(14)11-5-3-4-6-17-11/h9,11H,3-7,14H2,1-2H3. The number of aromatic nitrogens is 2. The summed E-state index contributed by atoms with van der Waals surface area (Å²) in [6.07, 6.45) is 4.86. The first-order chi connectivity index (χ1) is 8.09. The maximum atomic E-state index is 6.34. The fraction of sp³-hybridized carbons (Fsp3) is 0.750. The Kier molecular flexibility index (Phi) is 4.55. The highest BCUT2D eigenvalue weighted by molar-refractivity contribution is 9.10. The normalized spacial score (nSPS) is 22.7. The van der Waals surface area contributed by atoms with Crippen molar-refractivity contribution in [3.05, 3.63) is 15.9 Å². The van der Waals surface area contributed by atoms with Gasteiger partial charge < -0.3 is 5.73 Å². The van der Waals surface area contributed by atoms with Gasteiger partial charge in [-0.1, -0.05) is 6.42 Å². The number of aryl methyl sites for hydroxylation is 2. The summed E-state index contributed by atoms with van der Waals surface area (Å²) in [7, 11) is 1.99. The van der Waals surface area contributed by atoms with Gasteiger partial charge in [-0.3, -0.25) is 4.68 Å². The van der Waals surface area contributed by atoms with Crippen LogP contribution in [0.5, 0.6) is 0 Å². The molecule has 0 aliphatic carbocycles. The molecule has 2 N–H and O–H groups in total. The monoisotopic (exact) mass is 317 g/mol. The molecule has 0 bridgehead atoms. The largest absolute Gasteiger partial charge is 0.326 e. The third-order valence-corrected chi connectivity index (χ3v) is 5.95. The minimum atomic E-state index is 0.242. The van der Waals surface area contributed by atoms with Crippen molar-refractivity contribution in [1.82, 2.24) is 9.78 Å². The molecule has 96 valence electrons. The Balaban J connectivity index is 2.04.